The highest BCUT2D eigenvalue weighted by atomic mass is 32.2. The van der Waals surface area contributed by atoms with Gasteiger partial charge < -0.3 is 14.6 Å². The van der Waals surface area contributed by atoms with E-state index < -0.39 is 45.7 Å². The number of alkyl carbamates (subject to hydrolysis) is 1. The minimum atomic E-state index is -1.34. The van der Waals surface area contributed by atoms with Crippen LogP contribution < -0.4 is 10.0 Å². The van der Waals surface area contributed by atoms with Gasteiger partial charge in [0.25, 0.3) is 0 Å². The first kappa shape index (κ1) is 24.2. The van der Waals surface area contributed by atoms with Crippen molar-refractivity contribution in [3.8, 4) is 11.8 Å². The Morgan fingerprint density at radius 2 is 1.89 bits per heavy atom. The van der Waals surface area contributed by atoms with Crippen molar-refractivity contribution in [1.29, 1.82) is 0 Å². The first-order valence-electron chi connectivity index (χ1n) is 9.03. The van der Waals surface area contributed by atoms with Gasteiger partial charge in [-0.05, 0) is 67.4 Å². The number of pyridine rings is 1. The summed E-state index contributed by atoms with van der Waals surface area (Å²) in [4.78, 5) is 15.9. The zero-order chi connectivity index (χ0) is 21.7. The molecular formula is C20H30FN3O3S. The largest absolute Gasteiger partial charge is 0.598 e. The lowest BCUT2D eigenvalue weighted by atomic mass is 10.1. The Balaban J connectivity index is 2.96. The molecule has 2 N–H and O–H groups in total. The Hall–Kier alpha value is -1.82. The van der Waals surface area contributed by atoms with Crippen molar-refractivity contribution >= 4 is 17.5 Å². The van der Waals surface area contributed by atoms with E-state index in [1.54, 1.807) is 34.6 Å². The monoisotopic (exact) mass is 411 g/mol. The third-order valence-corrected chi connectivity index (χ3v) is 5.01. The lowest BCUT2D eigenvalue weighted by molar-refractivity contribution is 0.0519. The number of hydrogen-bond donors (Lipinski definition) is 2. The van der Waals surface area contributed by atoms with E-state index in [0.29, 0.717) is 11.3 Å². The molecule has 0 aliphatic heterocycles. The van der Waals surface area contributed by atoms with Gasteiger partial charge in [-0.2, -0.15) is 0 Å². The molecule has 0 fully saturated rings. The van der Waals surface area contributed by atoms with Crippen LogP contribution in [0.2, 0.25) is 0 Å². The van der Waals surface area contributed by atoms with Crippen LogP contribution >= 0.6 is 0 Å². The fraction of sp³-hybridized carbons (Fsp3) is 0.600. The van der Waals surface area contributed by atoms with Gasteiger partial charge in [-0.1, -0.05) is 5.92 Å². The summed E-state index contributed by atoms with van der Waals surface area (Å²) in [7, 11) is 0. The number of carbonyl (C=O) groups excluding carboxylic acids is 1. The highest BCUT2D eigenvalue weighted by Crippen LogP contribution is 2.22. The molecule has 0 aliphatic rings. The molecule has 1 heterocycles. The molecule has 0 saturated carbocycles. The molecule has 0 saturated heterocycles. The average molecular weight is 412 g/mol. The van der Waals surface area contributed by atoms with E-state index >= 15 is 0 Å². The molecule has 2 unspecified atom stereocenters. The second kappa shape index (κ2) is 9.59. The van der Waals surface area contributed by atoms with Crippen molar-refractivity contribution in [2.45, 2.75) is 77.8 Å². The molecule has 28 heavy (non-hydrogen) atoms. The van der Waals surface area contributed by atoms with Gasteiger partial charge in [-0.25, -0.2) is 14.2 Å². The molecule has 8 heteroatoms. The Kier molecular flexibility index (Phi) is 8.30. The van der Waals surface area contributed by atoms with Gasteiger partial charge in [0.2, 0.25) is 0 Å². The summed E-state index contributed by atoms with van der Waals surface area (Å²) < 4.78 is 33.7. The molecule has 1 amide bonds. The molecule has 1 aromatic heterocycles. The number of carbonyl (C=O) groups is 1. The molecule has 0 aromatic carbocycles. The second-order valence-corrected chi connectivity index (χ2v) is 10.4. The Morgan fingerprint density at radius 1 is 1.29 bits per heavy atom. The third kappa shape index (κ3) is 8.46. The van der Waals surface area contributed by atoms with E-state index in [2.05, 4.69) is 26.9 Å². The van der Waals surface area contributed by atoms with E-state index in [4.69, 9.17) is 4.74 Å². The first-order chi connectivity index (χ1) is 12.7. The molecule has 6 nitrogen and oxygen atoms in total. The van der Waals surface area contributed by atoms with E-state index in [-0.39, 0.29) is 0 Å². The second-order valence-electron chi connectivity index (χ2n) is 8.45. The fourth-order valence-corrected chi connectivity index (χ4v) is 2.79. The summed E-state index contributed by atoms with van der Waals surface area (Å²) in [5.41, 5.74) is 0.243. The number of rotatable bonds is 4. The minimum Gasteiger partial charge on any atom is -0.598 e. The summed E-state index contributed by atoms with van der Waals surface area (Å²) >= 11 is -1.34. The number of amides is 1. The van der Waals surface area contributed by atoms with E-state index in [1.807, 2.05) is 20.8 Å². The maximum absolute atomic E-state index is 13.7. The Morgan fingerprint density at radius 3 is 2.43 bits per heavy atom. The van der Waals surface area contributed by atoms with Crippen molar-refractivity contribution in [2.75, 3.05) is 0 Å². The van der Waals surface area contributed by atoms with Gasteiger partial charge in [-0.3, -0.25) is 0 Å². The van der Waals surface area contributed by atoms with Crippen LogP contribution in [0.4, 0.5) is 9.18 Å². The maximum atomic E-state index is 13.7. The number of halogens is 1. The van der Waals surface area contributed by atoms with Crippen molar-refractivity contribution in [3.63, 3.8) is 0 Å². The van der Waals surface area contributed by atoms with Gasteiger partial charge in [0.1, 0.15) is 21.9 Å². The maximum Gasteiger partial charge on any atom is 0.408 e. The van der Waals surface area contributed by atoms with Gasteiger partial charge in [0.15, 0.2) is 0 Å². The van der Waals surface area contributed by atoms with Gasteiger partial charge >= 0.3 is 6.09 Å². The van der Waals surface area contributed by atoms with Crippen molar-refractivity contribution < 1.29 is 18.5 Å². The standard InChI is InChI=1S/C20H30FN3O3S/c1-13(23-18(25)27-19(3,4)5)9-10-17-16(11-15(21)12-22-17)14(2)24-28(26)20(6,7)8/h11-14,24H,1-8H3,(H,23,25)/t13-,14?,28?/m1/s1. The lowest BCUT2D eigenvalue weighted by Crippen LogP contribution is -2.40. The number of aromatic nitrogens is 1. The van der Waals surface area contributed by atoms with Crippen LogP contribution in [-0.4, -0.2) is 32.0 Å². The van der Waals surface area contributed by atoms with Gasteiger partial charge in [-0.15, -0.1) is 4.72 Å². The van der Waals surface area contributed by atoms with Crippen LogP contribution in [0.5, 0.6) is 0 Å². The summed E-state index contributed by atoms with van der Waals surface area (Å²) in [6.45, 7) is 14.3. The normalized spacial score (nSPS) is 15.1. The average Bonchev–Trinajstić information content (AvgIpc) is 2.50. The molecule has 1 rings (SSSR count). The molecule has 0 radical (unpaired) electrons. The Bertz CT molecular complexity index is 748. The third-order valence-electron chi connectivity index (χ3n) is 3.33. The summed E-state index contributed by atoms with van der Waals surface area (Å²) in [5.74, 6) is 5.22. The van der Waals surface area contributed by atoms with Crippen molar-refractivity contribution in [1.82, 2.24) is 15.0 Å². The fourth-order valence-electron chi connectivity index (χ4n) is 1.99. The summed E-state index contributed by atoms with van der Waals surface area (Å²) in [6.07, 6.45) is 0.504. The quantitative estimate of drug-likeness (QED) is 0.584. The molecular weight excluding hydrogens is 381 g/mol. The number of ether oxygens (including phenoxy) is 1. The van der Waals surface area contributed by atoms with Crippen LogP contribution in [0.1, 0.15) is 72.7 Å². The molecule has 156 valence electrons. The highest BCUT2D eigenvalue weighted by Gasteiger charge is 2.29. The number of nitrogens with one attached hydrogen (secondary N) is 2. The predicted molar refractivity (Wildman–Crippen MR) is 109 cm³/mol. The Labute approximate surface area is 170 Å². The van der Waals surface area contributed by atoms with Crippen LogP contribution in [0.15, 0.2) is 12.3 Å². The summed E-state index contributed by atoms with van der Waals surface area (Å²) in [5, 5.41) is 2.62. The topological polar surface area (TPSA) is 86.3 Å². The van der Waals surface area contributed by atoms with Crippen LogP contribution in [0.25, 0.3) is 0 Å². The van der Waals surface area contributed by atoms with Gasteiger partial charge in [0.05, 0.1) is 18.3 Å². The lowest BCUT2D eigenvalue weighted by Gasteiger charge is -2.26. The number of hydrogen-bond acceptors (Lipinski definition) is 5. The zero-order valence-electron chi connectivity index (χ0n) is 17.8. The zero-order valence-corrected chi connectivity index (χ0v) is 18.6. The molecule has 0 spiro atoms. The van der Waals surface area contributed by atoms with E-state index in [9.17, 15) is 13.7 Å². The molecule has 0 aliphatic carbocycles. The van der Waals surface area contributed by atoms with Crippen LogP contribution in [0, 0.1) is 17.7 Å². The highest BCUT2D eigenvalue weighted by molar-refractivity contribution is 7.90. The SMILES string of the molecule is CC(N[S+]([O-])C(C)(C)C)c1cc(F)cnc1C#C[C@@H](C)NC(=O)OC(C)(C)C. The van der Waals surface area contributed by atoms with E-state index in [1.165, 1.54) is 6.07 Å². The molecule has 3 atom stereocenters. The van der Waals surface area contributed by atoms with Crippen molar-refractivity contribution in [3.05, 3.63) is 29.3 Å². The summed E-state index contributed by atoms with van der Waals surface area (Å²) in [6, 6.07) is 0.392. The van der Waals surface area contributed by atoms with E-state index in [0.717, 1.165) is 6.20 Å². The minimum absolute atomic E-state index is 0.352. The smallest absolute Gasteiger partial charge is 0.408 e. The molecule has 0 bridgehead atoms. The van der Waals surface area contributed by atoms with Crippen molar-refractivity contribution in [2.24, 2.45) is 0 Å². The molecule has 1 aromatic rings. The number of nitrogens with zero attached hydrogens (tertiary/aromatic N) is 1. The van der Waals surface area contributed by atoms with Gasteiger partial charge in [0, 0.05) is 16.9 Å². The van der Waals surface area contributed by atoms with Crippen LogP contribution in [0.3, 0.4) is 0 Å². The van der Waals surface area contributed by atoms with Crippen LogP contribution in [-0.2, 0) is 16.1 Å². The first-order valence-corrected chi connectivity index (χ1v) is 10.2. The predicted octanol–water partition coefficient (Wildman–Crippen LogP) is 3.60.